The quantitative estimate of drug-likeness (QED) is 0.0844. The molecule has 0 aliphatic carbocycles. The molecule has 0 aliphatic rings. The maximum absolute atomic E-state index is 13.3. The standard InChI is InChI=1S/C29H17BrCl3N3O3/c30-18-10-13-24(39-29(38)16-8-11-19(31)12-9-16)17(14-18)15-34-36-28(37)27-25(20-4-1-2-6-22(20)32)21-5-3-7-23(33)26(21)35-27/h1-15,35H,(H,36,37). The second-order valence-electron chi connectivity index (χ2n) is 8.29. The topological polar surface area (TPSA) is 83.5 Å². The molecule has 0 atom stereocenters. The third-order valence-electron chi connectivity index (χ3n) is 5.78. The van der Waals surface area contributed by atoms with Crippen LogP contribution in [0.5, 0.6) is 5.75 Å². The number of hydrazone groups is 1. The lowest BCUT2D eigenvalue weighted by Crippen LogP contribution is -2.19. The molecule has 0 spiro atoms. The van der Waals surface area contributed by atoms with E-state index in [4.69, 9.17) is 39.5 Å². The number of nitrogens with one attached hydrogen (secondary N) is 2. The van der Waals surface area contributed by atoms with E-state index in [1.54, 1.807) is 60.7 Å². The second-order valence-corrected chi connectivity index (χ2v) is 10.5. The molecule has 1 heterocycles. The molecule has 1 aromatic heterocycles. The van der Waals surface area contributed by atoms with Crippen molar-refractivity contribution >= 4 is 79.7 Å². The van der Waals surface area contributed by atoms with Gasteiger partial charge in [-0.05, 0) is 54.6 Å². The molecular weight excluding hydrogens is 625 g/mol. The Hall–Kier alpha value is -3.62. The van der Waals surface area contributed by atoms with Crippen LogP contribution in [0.15, 0.2) is 94.5 Å². The van der Waals surface area contributed by atoms with Gasteiger partial charge in [-0.25, -0.2) is 10.2 Å². The summed E-state index contributed by atoms with van der Waals surface area (Å²) in [5, 5.41) is 6.32. The molecule has 0 aliphatic heterocycles. The summed E-state index contributed by atoms with van der Waals surface area (Å²) in [7, 11) is 0. The van der Waals surface area contributed by atoms with Crippen molar-refractivity contribution in [1.82, 2.24) is 10.4 Å². The van der Waals surface area contributed by atoms with Crippen molar-refractivity contribution in [2.75, 3.05) is 0 Å². The number of nitrogens with zero attached hydrogens (tertiary/aromatic N) is 1. The highest BCUT2D eigenvalue weighted by Crippen LogP contribution is 2.38. The summed E-state index contributed by atoms with van der Waals surface area (Å²) in [5.74, 6) is -0.819. The fourth-order valence-corrected chi connectivity index (χ4v) is 4.93. The summed E-state index contributed by atoms with van der Waals surface area (Å²) in [6.45, 7) is 0. The number of ether oxygens (including phenoxy) is 1. The van der Waals surface area contributed by atoms with Gasteiger partial charge in [-0.2, -0.15) is 5.10 Å². The molecule has 6 nitrogen and oxygen atoms in total. The van der Waals surface area contributed by atoms with Gasteiger partial charge in [-0.15, -0.1) is 0 Å². The van der Waals surface area contributed by atoms with Crippen molar-refractivity contribution in [2.45, 2.75) is 0 Å². The lowest BCUT2D eigenvalue weighted by atomic mass is 10.0. The number of para-hydroxylation sites is 1. The van der Waals surface area contributed by atoms with Crippen molar-refractivity contribution in [3.8, 4) is 16.9 Å². The van der Waals surface area contributed by atoms with Crippen molar-refractivity contribution in [3.63, 3.8) is 0 Å². The highest BCUT2D eigenvalue weighted by Gasteiger charge is 2.22. The lowest BCUT2D eigenvalue weighted by Gasteiger charge is -2.08. The van der Waals surface area contributed by atoms with Crippen LogP contribution in [0, 0.1) is 0 Å². The average molecular weight is 642 g/mol. The minimum Gasteiger partial charge on any atom is -0.422 e. The van der Waals surface area contributed by atoms with Crippen molar-refractivity contribution in [2.24, 2.45) is 5.10 Å². The van der Waals surface area contributed by atoms with Crippen LogP contribution in [-0.4, -0.2) is 23.1 Å². The Morgan fingerprint density at radius 1 is 0.897 bits per heavy atom. The van der Waals surface area contributed by atoms with E-state index in [1.165, 1.54) is 6.21 Å². The molecule has 0 saturated heterocycles. The first-order chi connectivity index (χ1) is 18.8. The number of rotatable bonds is 6. The molecule has 1 amide bonds. The molecule has 0 bridgehead atoms. The Morgan fingerprint density at radius 2 is 1.64 bits per heavy atom. The van der Waals surface area contributed by atoms with Crippen LogP contribution in [-0.2, 0) is 0 Å². The van der Waals surface area contributed by atoms with E-state index in [1.807, 2.05) is 24.3 Å². The van der Waals surface area contributed by atoms with Gasteiger partial charge in [0.25, 0.3) is 5.91 Å². The monoisotopic (exact) mass is 639 g/mol. The number of benzene rings is 4. The summed E-state index contributed by atoms with van der Waals surface area (Å²) in [6.07, 6.45) is 1.39. The minimum absolute atomic E-state index is 0.243. The van der Waals surface area contributed by atoms with Crippen LogP contribution in [0.4, 0.5) is 0 Å². The smallest absolute Gasteiger partial charge is 0.343 e. The minimum atomic E-state index is -0.563. The Kier molecular flexibility index (Phi) is 8.04. The molecule has 0 radical (unpaired) electrons. The first-order valence-corrected chi connectivity index (χ1v) is 13.4. The van der Waals surface area contributed by atoms with Crippen LogP contribution in [0.3, 0.4) is 0 Å². The fraction of sp³-hybridized carbons (Fsp3) is 0. The predicted octanol–water partition coefficient (Wildman–Crippen LogP) is 8.54. The second kappa shape index (κ2) is 11.6. The molecule has 4 aromatic carbocycles. The van der Waals surface area contributed by atoms with Gasteiger partial charge in [0.05, 0.1) is 22.3 Å². The van der Waals surface area contributed by atoms with E-state index in [9.17, 15) is 9.59 Å². The highest BCUT2D eigenvalue weighted by molar-refractivity contribution is 9.10. The summed E-state index contributed by atoms with van der Waals surface area (Å²) in [5.41, 5.74) is 5.45. The van der Waals surface area contributed by atoms with Gasteiger partial charge in [0, 0.05) is 36.6 Å². The van der Waals surface area contributed by atoms with Gasteiger partial charge in [0.15, 0.2) is 0 Å². The Balaban J connectivity index is 1.43. The van der Waals surface area contributed by atoms with E-state index in [2.05, 4.69) is 31.4 Å². The number of hydrogen-bond donors (Lipinski definition) is 2. The van der Waals surface area contributed by atoms with E-state index >= 15 is 0 Å². The number of halogens is 4. The highest BCUT2D eigenvalue weighted by atomic mass is 79.9. The van der Waals surface area contributed by atoms with Gasteiger partial charge in [0.1, 0.15) is 11.4 Å². The summed E-state index contributed by atoms with van der Waals surface area (Å²) >= 11 is 22.2. The maximum atomic E-state index is 13.3. The van der Waals surface area contributed by atoms with Gasteiger partial charge < -0.3 is 9.72 Å². The van der Waals surface area contributed by atoms with Crippen LogP contribution in [0.25, 0.3) is 22.0 Å². The van der Waals surface area contributed by atoms with E-state index < -0.39 is 11.9 Å². The Morgan fingerprint density at radius 3 is 2.41 bits per heavy atom. The number of carbonyl (C=O) groups excluding carboxylic acids is 2. The van der Waals surface area contributed by atoms with E-state index in [0.717, 1.165) is 9.86 Å². The molecule has 0 saturated carbocycles. The van der Waals surface area contributed by atoms with Gasteiger partial charge in [-0.3, -0.25) is 4.79 Å². The molecule has 10 heteroatoms. The predicted molar refractivity (Wildman–Crippen MR) is 159 cm³/mol. The molecule has 0 unspecified atom stereocenters. The third-order valence-corrected chi connectivity index (χ3v) is 7.17. The SMILES string of the molecule is O=C(Oc1ccc(Br)cc1C=NNC(=O)c1[nH]c2c(Cl)cccc2c1-c1ccccc1Cl)c1ccc(Cl)cc1. The maximum Gasteiger partial charge on any atom is 0.343 e. The van der Waals surface area contributed by atoms with E-state index in [-0.39, 0.29) is 11.4 Å². The molecule has 5 rings (SSSR count). The molecule has 0 fully saturated rings. The van der Waals surface area contributed by atoms with Gasteiger partial charge >= 0.3 is 5.97 Å². The zero-order chi connectivity index (χ0) is 27.5. The number of carbonyl (C=O) groups is 2. The summed E-state index contributed by atoms with van der Waals surface area (Å²) in [6, 6.07) is 24.0. The Labute approximate surface area is 246 Å². The number of hydrogen-bond acceptors (Lipinski definition) is 4. The molecule has 5 aromatic rings. The van der Waals surface area contributed by atoms with Crippen LogP contribution >= 0.6 is 50.7 Å². The number of fused-ring (bicyclic) bond motifs is 1. The van der Waals surface area contributed by atoms with Crippen LogP contribution < -0.4 is 10.2 Å². The molecule has 194 valence electrons. The van der Waals surface area contributed by atoms with Crippen molar-refractivity contribution < 1.29 is 14.3 Å². The van der Waals surface area contributed by atoms with Gasteiger partial charge in [-0.1, -0.05) is 81.1 Å². The number of aromatic amines is 1. The largest absolute Gasteiger partial charge is 0.422 e. The summed E-state index contributed by atoms with van der Waals surface area (Å²) < 4.78 is 6.30. The van der Waals surface area contributed by atoms with Gasteiger partial charge in [0.2, 0.25) is 0 Å². The van der Waals surface area contributed by atoms with Crippen LogP contribution in [0.2, 0.25) is 15.1 Å². The number of aromatic nitrogens is 1. The zero-order valence-corrected chi connectivity index (χ0v) is 23.7. The normalized spacial score (nSPS) is 11.2. The molecule has 39 heavy (non-hydrogen) atoms. The van der Waals surface area contributed by atoms with Crippen molar-refractivity contribution in [3.05, 3.63) is 121 Å². The van der Waals surface area contributed by atoms with Crippen molar-refractivity contribution in [1.29, 1.82) is 0 Å². The number of amides is 1. The number of H-pyrrole nitrogens is 1. The summed E-state index contributed by atoms with van der Waals surface area (Å²) in [4.78, 5) is 29.1. The third kappa shape index (κ3) is 5.87. The first kappa shape index (κ1) is 27.0. The molecular formula is C29H17BrCl3N3O3. The Bertz CT molecular complexity index is 1750. The molecule has 2 N–H and O–H groups in total. The number of esters is 1. The average Bonchev–Trinajstić information content (AvgIpc) is 3.31. The fourth-order valence-electron chi connectivity index (χ4n) is 3.97. The lowest BCUT2D eigenvalue weighted by molar-refractivity contribution is 0.0734. The first-order valence-electron chi connectivity index (χ1n) is 11.5. The van der Waals surface area contributed by atoms with Crippen LogP contribution in [0.1, 0.15) is 26.4 Å². The zero-order valence-electron chi connectivity index (χ0n) is 19.8. The van der Waals surface area contributed by atoms with E-state index in [0.29, 0.717) is 42.8 Å².